The van der Waals surface area contributed by atoms with Gasteiger partial charge in [-0.3, -0.25) is 4.79 Å². The summed E-state index contributed by atoms with van der Waals surface area (Å²) < 4.78 is 39.5. The molecule has 0 fully saturated rings. The third kappa shape index (κ3) is 3.46. The smallest absolute Gasteiger partial charge is 0.330 e. The normalized spacial score (nSPS) is 19.1. The number of nitrogens with zero attached hydrogens (tertiary/aromatic N) is 4. The molecular formula is C19H18ClF3N6O. The van der Waals surface area contributed by atoms with Crippen molar-refractivity contribution in [3.05, 3.63) is 63.8 Å². The van der Waals surface area contributed by atoms with Crippen LogP contribution in [0, 0.1) is 6.92 Å². The van der Waals surface area contributed by atoms with Crippen LogP contribution < -0.4 is 16.0 Å². The summed E-state index contributed by atoms with van der Waals surface area (Å²) in [5, 5.41) is 1.19. The van der Waals surface area contributed by atoms with E-state index in [1.807, 2.05) is 13.0 Å². The van der Waals surface area contributed by atoms with Gasteiger partial charge in [0.05, 0.1) is 33.6 Å². The highest BCUT2D eigenvalue weighted by Crippen LogP contribution is 2.37. The second kappa shape index (κ2) is 7.44. The molecule has 11 heteroatoms. The van der Waals surface area contributed by atoms with Gasteiger partial charge in [-0.05, 0) is 26.0 Å². The summed E-state index contributed by atoms with van der Waals surface area (Å²) in [6, 6.07) is 4.77. The highest BCUT2D eigenvalue weighted by Gasteiger charge is 2.39. The van der Waals surface area contributed by atoms with Crippen LogP contribution in [0.2, 0.25) is 5.02 Å². The van der Waals surface area contributed by atoms with E-state index in [4.69, 9.17) is 11.6 Å². The van der Waals surface area contributed by atoms with Gasteiger partial charge < -0.3 is 10.3 Å². The molecule has 2 aliphatic heterocycles. The average molecular weight is 439 g/mol. The van der Waals surface area contributed by atoms with Crippen molar-refractivity contribution in [3.63, 3.8) is 0 Å². The number of alkyl halides is 3. The van der Waals surface area contributed by atoms with Crippen LogP contribution in [-0.2, 0) is 6.18 Å². The molecule has 4 rings (SSSR count). The van der Waals surface area contributed by atoms with E-state index in [0.717, 1.165) is 23.2 Å². The number of carbonyl (C=O) groups excluding carboxylic acids is 1. The van der Waals surface area contributed by atoms with Gasteiger partial charge in [-0.2, -0.15) is 13.2 Å². The standard InChI is InChI=1S/C19H18ClF3N6O/c1-10-8-15(25-9-24-10)29-14-6-7-28(11(2)17(14)26-27-29)18(30)12-4-3-5-13(16(12)20)19(21,22)23/h3-5,8-9,11,26-27H,6-7H2,1-2H3. The van der Waals surface area contributed by atoms with Crippen molar-refractivity contribution in [2.24, 2.45) is 0 Å². The molecule has 3 heterocycles. The number of hydrogen-bond acceptors (Lipinski definition) is 6. The summed E-state index contributed by atoms with van der Waals surface area (Å²) >= 11 is 5.95. The maximum Gasteiger partial charge on any atom is 0.417 e. The van der Waals surface area contributed by atoms with Crippen molar-refractivity contribution in [2.75, 3.05) is 11.6 Å². The Hall–Kier alpha value is -2.85. The second-order valence-corrected chi connectivity index (χ2v) is 7.42. The van der Waals surface area contributed by atoms with Crippen molar-refractivity contribution in [3.8, 4) is 0 Å². The number of hydrogen-bond donors (Lipinski definition) is 2. The molecule has 0 bridgehead atoms. The van der Waals surface area contributed by atoms with Gasteiger partial charge in [0.25, 0.3) is 5.91 Å². The Morgan fingerprint density at radius 1 is 1.30 bits per heavy atom. The zero-order valence-electron chi connectivity index (χ0n) is 16.1. The van der Waals surface area contributed by atoms with Gasteiger partial charge in [0, 0.05) is 24.7 Å². The fraction of sp³-hybridized carbons (Fsp3) is 0.316. The molecule has 0 aliphatic carbocycles. The fourth-order valence-corrected chi connectivity index (χ4v) is 3.96. The minimum absolute atomic E-state index is 0.170. The van der Waals surface area contributed by atoms with Crippen LogP contribution in [-0.4, -0.2) is 33.4 Å². The van der Waals surface area contributed by atoms with Crippen LogP contribution in [0.4, 0.5) is 19.0 Å². The fourth-order valence-electron chi connectivity index (χ4n) is 3.65. The Bertz CT molecular complexity index is 1040. The number of anilines is 1. The van der Waals surface area contributed by atoms with Crippen LogP contribution in [0.5, 0.6) is 0 Å². The molecule has 0 saturated heterocycles. The van der Waals surface area contributed by atoms with E-state index < -0.39 is 28.7 Å². The molecule has 0 spiro atoms. The minimum Gasteiger partial charge on any atom is -0.330 e. The van der Waals surface area contributed by atoms with Gasteiger partial charge in [-0.15, -0.1) is 5.53 Å². The van der Waals surface area contributed by atoms with Crippen LogP contribution in [0.1, 0.15) is 35.0 Å². The lowest BCUT2D eigenvalue weighted by molar-refractivity contribution is -0.137. The number of benzene rings is 1. The molecule has 0 saturated carbocycles. The molecule has 1 aromatic carbocycles. The molecular weight excluding hydrogens is 421 g/mol. The summed E-state index contributed by atoms with van der Waals surface area (Å²) in [5.41, 5.74) is 7.33. The lowest BCUT2D eigenvalue weighted by atomic mass is 10.0. The lowest BCUT2D eigenvalue weighted by Gasteiger charge is -2.35. The largest absolute Gasteiger partial charge is 0.417 e. The number of halogens is 4. The van der Waals surface area contributed by atoms with Crippen LogP contribution in [0.3, 0.4) is 0 Å². The zero-order chi connectivity index (χ0) is 21.6. The van der Waals surface area contributed by atoms with E-state index in [2.05, 4.69) is 20.9 Å². The predicted octanol–water partition coefficient (Wildman–Crippen LogP) is 3.43. The van der Waals surface area contributed by atoms with Crippen molar-refractivity contribution in [1.82, 2.24) is 25.8 Å². The average Bonchev–Trinajstić information content (AvgIpc) is 3.12. The number of hydrazine groups is 2. The number of rotatable bonds is 2. The number of amides is 1. The minimum atomic E-state index is -4.64. The molecule has 0 radical (unpaired) electrons. The van der Waals surface area contributed by atoms with E-state index in [-0.39, 0.29) is 5.56 Å². The Balaban J connectivity index is 1.62. The molecule has 2 N–H and O–H groups in total. The summed E-state index contributed by atoms with van der Waals surface area (Å²) in [6.07, 6.45) is -2.70. The first-order valence-corrected chi connectivity index (χ1v) is 9.56. The highest BCUT2D eigenvalue weighted by molar-refractivity contribution is 6.34. The SMILES string of the molecule is Cc1cc(N2NNC3=C2CCN(C(=O)c2cccc(C(F)(F)F)c2Cl)C3C)ncn1. The van der Waals surface area contributed by atoms with Gasteiger partial charge in [0.1, 0.15) is 6.33 Å². The Morgan fingerprint density at radius 2 is 2.07 bits per heavy atom. The van der Waals surface area contributed by atoms with Crippen molar-refractivity contribution < 1.29 is 18.0 Å². The van der Waals surface area contributed by atoms with E-state index in [9.17, 15) is 18.0 Å². The first-order chi connectivity index (χ1) is 14.2. The van der Waals surface area contributed by atoms with Crippen LogP contribution >= 0.6 is 11.6 Å². The molecule has 1 amide bonds. The molecule has 158 valence electrons. The molecule has 30 heavy (non-hydrogen) atoms. The van der Waals surface area contributed by atoms with Gasteiger partial charge in [-0.25, -0.2) is 15.0 Å². The maximum absolute atomic E-state index is 13.2. The first kappa shape index (κ1) is 20.4. The Morgan fingerprint density at radius 3 is 2.77 bits per heavy atom. The zero-order valence-corrected chi connectivity index (χ0v) is 16.8. The molecule has 1 unspecified atom stereocenters. The van der Waals surface area contributed by atoms with Crippen molar-refractivity contribution >= 4 is 23.3 Å². The van der Waals surface area contributed by atoms with Gasteiger partial charge in [-0.1, -0.05) is 17.7 Å². The van der Waals surface area contributed by atoms with E-state index in [1.54, 1.807) is 11.9 Å². The number of carbonyl (C=O) groups is 1. The number of aryl methyl sites for hydroxylation is 1. The van der Waals surface area contributed by atoms with Crippen LogP contribution in [0.15, 0.2) is 42.0 Å². The Labute approximate surface area is 175 Å². The maximum atomic E-state index is 13.2. The summed E-state index contributed by atoms with van der Waals surface area (Å²) in [7, 11) is 0. The van der Waals surface area contributed by atoms with E-state index >= 15 is 0 Å². The summed E-state index contributed by atoms with van der Waals surface area (Å²) in [6.45, 7) is 3.97. The third-order valence-electron chi connectivity index (χ3n) is 5.17. The first-order valence-electron chi connectivity index (χ1n) is 9.18. The second-order valence-electron chi connectivity index (χ2n) is 7.04. The molecule has 2 aliphatic rings. The van der Waals surface area contributed by atoms with E-state index in [0.29, 0.717) is 18.8 Å². The predicted molar refractivity (Wildman–Crippen MR) is 104 cm³/mol. The monoisotopic (exact) mass is 438 g/mol. The molecule has 2 aromatic rings. The summed E-state index contributed by atoms with van der Waals surface area (Å²) in [5.74, 6) is 0.0937. The van der Waals surface area contributed by atoms with Crippen molar-refractivity contribution in [1.29, 1.82) is 0 Å². The number of nitrogens with one attached hydrogen (secondary N) is 2. The van der Waals surface area contributed by atoms with Gasteiger partial charge >= 0.3 is 6.18 Å². The molecule has 1 atom stereocenters. The molecule has 7 nitrogen and oxygen atoms in total. The van der Waals surface area contributed by atoms with Gasteiger partial charge in [0.2, 0.25) is 0 Å². The highest BCUT2D eigenvalue weighted by atomic mass is 35.5. The van der Waals surface area contributed by atoms with Crippen LogP contribution in [0.25, 0.3) is 0 Å². The lowest BCUT2D eigenvalue weighted by Crippen LogP contribution is -2.46. The van der Waals surface area contributed by atoms with Crippen molar-refractivity contribution in [2.45, 2.75) is 32.5 Å². The topological polar surface area (TPSA) is 73.4 Å². The molecule has 1 aromatic heterocycles. The Kier molecular flexibility index (Phi) is 5.07. The van der Waals surface area contributed by atoms with E-state index in [1.165, 1.54) is 23.4 Å². The third-order valence-corrected chi connectivity index (χ3v) is 5.58. The number of aromatic nitrogens is 2. The summed E-state index contributed by atoms with van der Waals surface area (Å²) in [4.78, 5) is 22.9. The van der Waals surface area contributed by atoms with Gasteiger partial charge in [0.15, 0.2) is 5.82 Å². The quantitative estimate of drug-likeness (QED) is 0.748.